The molecule has 0 aliphatic carbocycles. The molecule has 3 aromatic rings. The molecule has 0 aromatic heterocycles. The van der Waals surface area contributed by atoms with E-state index in [1.54, 1.807) is 13.0 Å². The van der Waals surface area contributed by atoms with Crippen molar-refractivity contribution in [2.24, 2.45) is 0 Å². The average Bonchev–Trinajstić information content (AvgIpc) is 2.85. The first-order valence-corrected chi connectivity index (χ1v) is 11.1. The fourth-order valence-corrected chi connectivity index (χ4v) is 3.48. The van der Waals surface area contributed by atoms with Crippen LogP contribution in [0.2, 0.25) is 5.02 Å². The van der Waals surface area contributed by atoms with Crippen LogP contribution in [0.3, 0.4) is 0 Å². The summed E-state index contributed by atoms with van der Waals surface area (Å²) < 4.78 is 73.8. The molecule has 3 aromatic carbocycles. The van der Waals surface area contributed by atoms with Gasteiger partial charge in [-0.3, -0.25) is 9.59 Å². The van der Waals surface area contributed by atoms with Gasteiger partial charge in [-0.2, -0.15) is 0 Å². The second-order valence-electron chi connectivity index (χ2n) is 8.02. The first-order valence-electron chi connectivity index (χ1n) is 10.8. The standard InChI is InChI=1S/C25H20ClF5N2O4/c1-4-16(37-17-7-10(2)5-6-11(17)3)24(35)32-13-9-15(34)14(8-12(13)26)33-25(36)18-19(27)21(29)23(31)22(30)20(18)28/h5-9,16,34H,4H2,1-3H3,(H,32,35)(H,33,36). The third-order valence-electron chi connectivity index (χ3n) is 5.30. The number of rotatable bonds is 7. The summed E-state index contributed by atoms with van der Waals surface area (Å²) in [6.07, 6.45) is -0.661. The van der Waals surface area contributed by atoms with Gasteiger partial charge in [-0.05, 0) is 43.5 Å². The third kappa shape index (κ3) is 5.77. The highest BCUT2D eigenvalue weighted by molar-refractivity contribution is 6.34. The van der Waals surface area contributed by atoms with Crippen molar-refractivity contribution in [3.63, 3.8) is 0 Å². The second kappa shape index (κ2) is 11.0. The van der Waals surface area contributed by atoms with Crippen LogP contribution < -0.4 is 15.4 Å². The van der Waals surface area contributed by atoms with Crippen molar-refractivity contribution >= 4 is 34.8 Å². The summed E-state index contributed by atoms with van der Waals surface area (Å²) in [5.41, 5.74) is -0.635. The Kier molecular flexibility index (Phi) is 8.27. The zero-order valence-corrected chi connectivity index (χ0v) is 20.4. The Labute approximate surface area is 213 Å². The molecule has 3 rings (SSSR count). The molecule has 196 valence electrons. The van der Waals surface area contributed by atoms with Crippen molar-refractivity contribution in [3.8, 4) is 11.5 Å². The Morgan fingerprint density at radius 3 is 2.11 bits per heavy atom. The molecule has 0 spiro atoms. The number of hydrogen-bond donors (Lipinski definition) is 3. The Bertz CT molecular complexity index is 1370. The lowest BCUT2D eigenvalue weighted by atomic mass is 10.1. The normalized spacial score (nSPS) is 11.7. The topological polar surface area (TPSA) is 87.7 Å². The van der Waals surface area contributed by atoms with E-state index in [2.05, 4.69) is 5.32 Å². The molecule has 0 bridgehead atoms. The summed E-state index contributed by atoms with van der Waals surface area (Å²) in [5, 5.41) is 14.4. The molecular weight excluding hydrogens is 523 g/mol. The van der Waals surface area contributed by atoms with E-state index in [1.807, 2.05) is 31.3 Å². The number of hydrogen-bond acceptors (Lipinski definition) is 4. The first kappa shape index (κ1) is 27.7. The number of anilines is 2. The number of carbonyl (C=O) groups is 2. The van der Waals surface area contributed by atoms with Gasteiger partial charge in [0, 0.05) is 6.07 Å². The Morgan fingerprint density at radius 1 is 0.919 bits per heavy atom. The van der Waals surface area contributed by atoms with E-state index in [4.69, 9.17) is 16.3 Å². The number of benzene rings is 3. The summed E-state index contributed by atoms with van der Waals surface area (Å²) >= 11 is 6.13. The zero-order chi connectivity index (χ0) is 27.6. The highest BCUT2D eigenvalue weighted by Gasteiger charge is 2.30. The Balaban J connectivity index is 1.81. The van der Waals surface area contributed by atoms with Gasteiger partial charge in [0.2, 0.25) is 5.82 Å². The van der Waals surface area contributed by atoms with Crippen molar-refractivity contribution in [1.82, 2.24) is 0 Å². The fraction of sp³-hybridized carbons (Fsp3) is 0.200. The van der Waals surface area contributed by atoms with Crippen LogP contribution in [-0.2, 0) is 4.79 Å². The number of ether oxygens (including phenoxy) is 1. The van der Waals surface area contributed by atoms with Gasteiger partial charge in [0.25, 0.3) is 11.8 Å². The van der Waals surface area contributed by atoms with Crippen molar-refractivity contribution in [2.45, 2.75) is 33.3 Å². The Hall–Kier alpha value is -3.86. The van der Waals surface area contributed by atoms with Gasteiger partial charge in [0.15, 0.2) is 29.4 Å². The molecule has 0 saturated heterocycles. The van der Waals surface area contributed by atoms with Gasteiger partial charge >= 0.3 is 0 Å². The molecule has 1 atom stereocenters. The van der Waals surface area contributed by atoms with E-state index in [0.29, 0.717) is 5.75 Å². The molecule has 6 nitrogen and oxygen atoms in total. The maximum absolute atomic E-state index is 13.9. The van der Waals surface area contributed by atoms with Crippen LogP contribution in [-0.4, -0.2) is 23.0 Å². The number of amides is 2. The van der Waals surface area contributed by atoms with Crippen LogP contribution in [0.25, 0.3) is 0 Å². The van der Waals surface area contributed by atoms with Gasteiger partial charge in [0.1, 0.15) is 17.1 Å². The number of halogens is 6. The molecule has 37 heavy (non-hydrogen) atoms. The predicted octanol–water partition coefficient (Wildman–Crippen LogP) is 6.41. The Morgan fingerprint density at radius 2 is 1.51 bits per heavy atom. The number of nitrogens with one attached hydrogen (secondary N) is 2. The minimum absolute atomic E-state index is 0.0959. The fourth-order valence-electron chi connectivity index (χ4n) is 3.27. The van der Waals surface area contributed by atoms with Gasteiger partial charge in [-0.25, -0.2) is 22.0 Å². The van der Waals surface area contributed by atoms with Crippen molar-refractivity contribution in [3.05, 3.63) is 81.1 Å². The number of aromatic hydroxyl groups is 1. The summed E-state index contributed by atoms with van der Waals surface area (Å²) in [5.74, 6) is -14.3. The molecule has 0 fully saturated rings. The van der Waals surface area contributed by atoms with Crippen LogP contribution >= 0.6 is 11.6 Å². The average molecular weight is 543 g/mol. The van der Waals surface area contributed by atoms with Gasteiger partial charge in [-0.15, -0.1) is 0 Å². The zero-order valence-electron chi connectivity index (χ0n) is 19.6. The van der Waals surface area contributed by atoms with Crippen molar-refractivity contribution in [2.75, 3.05) is 10.6 Å². The maximum atomic E-state index is 13.9. The molecule has 3 N–H and O–H groups in total. The molecule has 2 amide bonds. The summed E-state index contributed by atoms with van der Waals surface area (Å²) in [6.45, 7) is 5.39. The van der Waals surface area contributed by atoms with Crippen LogP contribution in [0.15, 0.2) is 30.3 Å². The van der Waals surface area contributed by atoms with E-state index in [-0.39, 0.29) is 17.1 Å². The quantitative estimate of drug-likeness (QED) is 0.139. The molecule has 0 heterocycles. The summed E-state index contributed by atoms with van der Waals surface area (Å²) in [7, 11) is 0. The summed E-state index contributed by atoms with van der Waals surface area (Å²) in [4.78, 5) is 25.1. The third-order valence-corrected chi connectivity index (χ3v) is 5.62. The minimum atomic E-state index is -2.43. The second-order valence-corrected chi connectivity index (χ2v) is 8.43. The lowest BCUT2D eigenvalue weighted by Gasteiger charge is -2.20. The van der Waals surface area contributed by atoms with Crippen molar-refractivity contribution < 1.29 is 41.4 Å². The monoisotopic (exact) mass is 542 g/mol. The number of carbonyl (C=O) groups excluding carboxylic acids is 2. The molecular formula is C25H20ClF5N2O4. The smallest absolute Gasteiger partial charge is 0.265 e. The number of phenolic OH excluding ortho intramolecular Hbond substituents is 1. The maximum Gasteiger partial charge on any atom is 0.265 e. The minimum Gasteiger partial charge on any atom is -0.506 e. The van der Waals surface area contributed by atoms with Gasteiger partial charge in [0.05, 0.1) is 16.4 Å². The van der Waals surface area contributed by atoms with Gasteiger partial charge in [-0.1, -0.05) is 30.7 Å². The van der Waals surface area contributed by atoms with E-state index in [1.165, 1.54) is 0 Å². The van der Waals surface area contributed by atoms with E-state index in [9.17, 15) is 36.6 Å². The van der Waals surface area contributed by atoms with E-state index >= 15 is 0 Å². The van der Waals surface area contributed by atoms with Crippen LogP contribution in [0.5, 0.6) is 11.5 Å². The van der Waals surface area contributed by atoms with Crippen LogP contribution in [0, 0.1) is 42.9 Å². The van der Waals surface area contributed by atoms with E-state index in [0.717, 1.165) is 23.3 Å². The van der Waals surface area contributed by atoms with E-state index < -0.39 is 64.0 Å². The molecule has 0 saturated carbocycles. The highest BCUT2D eigenvalue weighted by Crippen LogP contribution is 2.35. The molecule has 0 aliphatic heterocycles. The lowest BCUT2D eigenvalue weighted by Crippen LogP contribution is -2.32. The number of phenols is 1. The highest BCUT2D eigenvalue weighted by atomic mass is 35.5. The largest absolute Gasteiger partial charge is 0.506 e. The molecule has 0 radical (unpaired) electrons. The SMILES string of the molecule is CCC(Oc1cc(C)ccc1C)C(=O)Nc1cc(O)c(NC(=O)c2c(F)c(F)c(F)c(F)c2F)cc1Cl. The van der Waals surface area contributed by atoms with Crippen molar-refractivity contribution in [1.29, 1.82) is 0 Å². The summed E-state index contributed by atoms with van der Waals surface area (Å²) in [6, 6.07) is 7.34. The molecule has 12 heteroatoms. The van der Waals surface area contributed by atoms with Gasteiger partial charge < -0.3 is 20.5 Å². The predicted molar refractivity (Wildman–Crippen MR) is 127 cm³/mol. The first-order chi connectivity index (χ1) is 17.3. The molecule has 0 aliphatic rings. The number of aryl methyl sites for hydroxylation is 2. The van der Waals surface area contributed by atoms with Crippen LogP contribution in [0.1, 0.15) is 34.8 Å². The lowest BCUT2D eigenvalue weighted by molar-refractivity contribution is -0.122. The molecule has 1 unspecified atom stereocenters. The van der Waals surface area contributed by atoms with Crippen LogP contribution in [0.4, 0.5) is 33.3 Å².